The van der Waals surface area contributed by atoms with E-state index in [-0.39, 0.29) is 6.17 Å². The molecule has 2 nitrogen and oxygen atoms in total. The standard InChI is InChI=1S/C5H6FN2/c6-4-2-1-3-8-5(4)7/h1-3,8H,7H2. The van der Waals surface area contributed by atoms with Crippen LogP contribution < -0.4 is 11.1 Å². The lowest BCUT2D eigenvalue weighted by Crippen LogP contribution is -2.26. The fourth-order valence-corrected chi connectivity index (χ4v) is 0.429. The van der Waals surface area contributed by atoms with Crippen LogP contribution in [-0.2, 0) is 0 Å². The van der Waals surface area contributed by atoms with E-state index in [1.807, 2.05) is 0 Å². The zero-order chi connectivity index (χ0) is 5.98. The van der Waals surface area contributed by atoms with E-state index in [4.69, 9.17) is 5.73 Å². The summed E-state index contributed by atoms with van der Waals surface area (Å²) >= 11 is 0. The lowest BCUT2D eigenvalue weighted by Gasteiger charge is -2.09. The molecule has 0 aliphatic carbocycles. The number of rotatable bonds is 0. The first-order valence-electron chi connectivity index (χ1n) is 2.22. The Bertz CT molecular complexity index is 139. The summed E-state index contributed by atoms with van der Waals surface area (Å²) in [6.45, 7) is 0. The Morgan fingerprint density at radius 3 is 2.75 bits per heavy atom. The van der Waals surface area contributed by atoms with E-state index in [1.165, 1.54) is 6.08 Å². The van der Waals surface area contributed by atoms with Gasteiger partial charge < -0.3 is 5.32 Å². The molecule has 0 unspecified atom stereocenters. The van der Waals surface area contributed by atoms with Gasteiger partial charge in [0.25, 0.3) is 0 Å². The van der Waals surface area contributed by atoms with Crippen molar-refractivity contribution >= 4 is 0 Å². The van der Waals surface area contributed by atoms with Crippen LogP contribution in [-0.4, -0.2) is 0 Å². The molecule has 0 aromatic rings. The van der Waals surface area contributed by atoms with Crippen LogP contribution in [0.15, 0.2) is 24.2 Å². The van der Waals surface area contributed by atoms with Crippen LogP contribution in [0.1, 0.15) is 0 Å². The van der Waals surface area contributed by atoms with E-state index in [0.717, 1.165) is 0 Å². The first kappa shape index (κ1) is 5.31. The van der Waals surface area contributed by atoms with Crippen molar-refractivity contribution in [2.45, 2.75) is 0 Å². The predicted molar refractivity (Wildman–Crippen MR) is 28.9 cm³/mol. The molecule has 0 fully saturated rings. The molecule has 0 amide bonds. The Kier molecular flexibility index (Phi) is 1.30. The van der Waals surface area contributed by atoms with E-state index >= 15 is 0 Å². The molecule has 43 valence electrons. The zero-order valence-electron chi connectivity index (χ0n) is 4.19. The number of nitrogens with two attached hydrogens (primary N) is 1. The Morgan fingerprint density at radius 2 is 2.38 bits per heavy atom. The summed E-state index contributed by atoms with van der Waals surface area (Å²) in [5.41, 5.74) is 5.09. The van der Waals surface area contributed by atoms with Gasteiger partial charge >= 0.3 is 0 Å². The average Bonchev–Trinajstić information content (AvgIpc) is 1.77. The predicted octanol–water partition coefficient (Wildman–Crippen LogP) is 0.405. The Balaban J connectivity index is 2.66. The van der Waals surface area contributed by atoms with Crippen LogP contribution in [0.2, 0.25) is 0 Å². The lowest BCUT2D eigenvalue weighted by molar-refractivity contribution is 0.583. The molecule has 0 bridgehead atoms. The molecule has 0 aromatic carbocycles. The van der Waals surface area contributed by atoms with Gasteiger partial charge in [-0.2, -0.15) is 0 Å². The topological polar surface area (TPSA) is 38.0 Å². The normalized spacial score (nSPS) is 20.0. The summed E-state index contributed by atoms with van der Waals surface area (Å²) < 4.78 is 12.2. The summed E-state index contributed by atoms with van der Waals surface area (Å²) in [4.78, 5) is 0. The van der Waals surface area contributed by atoms with Crippen molar-refractivity contribution in [3.8, 4) is 0 Å². The van der Waals surface area contributed by atoms with Crippen molar-refractivity contribution in [2.24, 2.45) is 5.73 Å². The second-order valence-electron chi connectivity index (χ2n) is 1.43. The first-order chi connectivity index (χ1) is 3.80. The van der Waals surface area contributed by atoms with Gasteiger partial charge in [-0.15, -0.1) is 0 Å². The van der Waals surface area contributed by atoms with Gasteiger partial charge in [0.15, 0.2) is 6.17 Å². The Hall–Kier alpha value is -0.830. The molecule has 3 heteroatoms. The molecule has 0 saturated heterocycles. The minimum atomic E-state index is -0.410. The molecule has 0 aromatic heterocycles. The number of nitrogens with one attached hydrogen (secondary N) is 1. The molecule has 1 heterocycles. The maximum atomic E-state index is 12.2. The molecule has 8 heavy (non-hydrogen) atoms. The molecule has 3 N–H and O–H groups in total. The van der Waals surface area contributed by atoms with Crippen LogP contribution in [0.3, 0.4) is 0 Å². The van der Waals surface area contributed by atoms with Crippen LogP contribution in [0, 0.1) is 6.17 Å². The molecule has 0 spiro atoms. The average molecular weight is 113 g/mol. The highest BCUT2D eigenvalue weighted by Gasteiger charge is 2.08. The molecule has 1 radical (unpaired) electrons. The van der Waals surface area contributed by atoms with Crippen LogP contribution in [0.4, 0.5) is 4.39 Å². The first-order valence-corrected chi connectivity index (χ1v) is 2.22. The SMILES string of the molecule is N[C]1NC=CC=C1F. The minimum Gasteiger partial charge on any atom is -0.364 e. The van der Waals surface area contributed by atoms with E-state index < -0.39 is 5.83 Å². The molecule has 1 rings (SSSR count). The summed E-state index contributed by atoms with van der Waals surface area (Å²) in [7, 11) is 0. The number of hydrogen-bond acceptors (Lipinski definition) is 2. The molecular weight excluding hydrogens is 107 g/mol. The maximum absolute atomic E-state index is 12.2. The minimum absolute atomic E-state index is 0.0764. The maximum Gasteiger partial charge on any atom is 0.183 e. The smallest absolute Gasteiger partial charge is 0.183 e. The van der Waals surface area contributed by atoms with Crippen molar-refractivity contribution < 1.29 is 4.39 Å². The van der Waals surface area contributed by atoms with E-state index in [9.17, 15) is 4.39 Å². The van der Waals surface area contributed by atoms with E-state index in [2.05, 4.69) is 5.32 Å². The Morgan fingerprint density at radius 1 is 1.62 bits per heavy atom. The third-order valence-electron chi connectivity index (χ3n) is 0.835. The van der Waals surface area contributed by atoms with Crippen molar-refractivity contribution in [1.29, 1.82) is 0 Å². The third-order valence-corrected chi connectivity index (χ3v) is 0.835. The molecule has 0 saturated carbocycles. The number of hydrogen-bond donors (Lipinski definition) is 2. The summed E-state index contributed by atoms with van der Waals surface area (Å²) in [6, 6.07) is 0. The highest BCUT2D eigenvalue weighted by Crippen LogP contribution is 2.08. The quantitative estimate of drug-likeness (QED) is 0.477. The van der Waals surface area contributed by atoms with Gasteiger partial charge in [-0.3, -0.25) is 5.73 Å². The molecule has 0 atom stereocenters. The van der Waals surface area contributed by atoms with Gasteiger partial charge in [-0.1, -0.05) is 0 Å². The van der Waals surface area contributed by atoms with Gasteiger partial charge in [0.1, 0.15) is 5.83 Å². The monoisotopic (exact) mass is 113 g/mol. The fourth-order valence-electron chi connectivity index (χ4n) is 0.429. The summed E-state index contributed by atoms with van der Waals surface area (Å²) in [6.07, 6.45) is 4.49. The summed E-state index contributed by atoms with van der Waals surface area (Å²) in [5.74, 6) is -0.410. The van der Waals surface area contributed by atoms with Crippen molar-refractivity contribution in [2.75, 3.05) is 0 Å². The Labute approximate surface area is 46.9 Å². The fraction of sp³-hybridized carbons (Fsp3) is 0. The van der Waals surface area contributed by atoms with Crippen molar-refractivity contribution in [3.63, 3.8) is 0 Å². The van der Waals surface area contributed by atoms with Gasteiger partial charge in [0.2, 0.25) is 0 Å². The van der Waals surface area contributed by atoms with Gasteiger partial charge in [-0.25, -0.2) is 4.39 Å². The number of dihydropyridines is 1. The lowest BCUT2D eigenvalue weighted by atomic mass is 10.3. The van der Waals surface area contributed by atoms with Gasteiger partial charge in [0.05, 0.1) is 0 Å². The van der Waals surface area contributed by atoms with Crippen molar-refractivity contribution in [3.05, 3.63) is 30.3 Å². The summed E-state index contributed by atoms with van der Waals surface area (Å²) in [5, 5.41) is 2.50. The second kappa shape index (κ2) is 1.96. The van der Waals surface area contributed by atoms with E-state index in [0.29, 0.717) is 0 Å². The van der Waals surface area contributed by atoms with Crippen LogP contribution in [0.5, 0.6) is 0 Å². The van der Waals surface area contributed by atoms with Crippen LogP contribution in [0.25, 0.3) is 0 Å². The highest BCUT2D eigenvalue weighted by atomic mass is 19.1. The molecular formula is C5H6FN2. The third kappa shape index (κ3) is 0.869. The van der Waals surface area contributed by atoms with E-state index in [1.54, 1.807) is 12.3 Å². The molecule has 1 aliphatic heterocycles. The molecule has 1 aliphatic rings. The van der Waals surface area contributed by atoms with Gasteiger partial charge in [0, 0.05) is 0 Å². The second-order valence-corrected chi connectivity index (χ2v) is 1.43. The van der Waals surface area contributed by atoms with Crippen molar-refractivity contribution in [1.82, 2.24) is 5.32 Å². The van der Waals surface area contributed by atoms with Crippen LogP contribution >= 0.6 is 0 Å². The highest BCUT2D eigenvalue weighted by molar-refractivity contribution is 5.24. The number of halogens is 1. The van der Waals surface area contributed by atoms with Gasteiger partial charge in [-0.05, 0) is 18.4 Å². The zero-order valence-corrected chi connectivity index (χ0v) is 4.19. The largest absolute Gasteiger partial charge is 0.364 e. The number of allylic oxidation sites excluding steroid dienone is 2.